The number of rotatable bonds is 5. The summed E-state index contributed by atoms with van der Waals surface area (Å²) in [6, 6.07) is 13.9. The number of carbonyl (C=O) groups excluding carboxylic acids is 1. The molecular weight excluding hydrogens is 355 g/mol. The van der Waals surface area contributed by atoms with E-state index in [1.54, 1.807) is 12.1 Å². The van der Waals surface area contributed by atoms with Gasteiger partial charge in [0.15, 0.2) is 0 Å². The van der Waals surface area contributed by atoms with Crippen molar-refractivity contribution in [2.75, 3.05) is 25.5 Å². The Morgan fingerprint density at radius 2 is 1.69 bits per heavy atom. The number of ether oxygens (including phenoxy) is 1. The Morgan fingerprint density at radius 3 is 2.31 bits per heavy atom. The van der Waals surface area contributed by atoms with Crippen LogP contribution in [0.5, 0.6) is 0 Å². The van der Waals surface area contributed by atoms with E-state index in [1.807, 2.05) is 24.3 Å². The SMILES string of the molecule is Cl.Nc1ccc(CC(=O)NCC2(c3ccc(F)cc3)CCOCC2)cc1. The third kappa shape index (κ3) is 4.96. The predicted molar refractivity (Wildman–Crippen MR) is 103 cm³/mol. The Balaban J connectivity index is 0.00000243. The van der Waals surface area contributed by atoms with E-state index < -0.39 is 0 Å². The Morgan fingerprint density at radius 1 is 1.08 bits per heavy atom. The highest BCUT2D eigenvalue weighted by Crippen LogP contribution is 2.34. The summed E-state index contributed by atoms with van der Waals surface area (Å²) in [4.78, 5) is 12.3. The molecule has 3 rings (SSSR count). The fourth-order valence-corrected chi connectivity index (χ4v) is 3.28. The average molecular weight is 379 g/mol. The number of nitrogens with two attached hydrogens (primary N) is 1. The number of nitrogen functional groups attached to an aromatic ring is 1. The van der Waals surface area contributed by atoms with Crippen LogP contribution in [0.25, 0.3) is 0 Å². The Kier molecular flexibility index (Phi) is 7.00. The summed E-state index contributed by atoms with van der Waals surface area (Å²) in [5.41, 5.74) is 8.12. The molecule has 0 unspecified atom stereocenters. The summed E-state index contributed by atoms with van der Waals surface area (Å²) in [6.45, 7) is 1.81. The lowest BCUT2D eigenvalue weighted by atomic mass is 9.74. The van der Waals surface area contributed by atoms with Crippen molar-refractivity contribution < 1.29 is 13.9 Å². The molecule has 1 heterocycles. The fourth-order valence-electron chi connectivity index (χ4n) is 3.28. The van der Waals surface area contributed by atoms with Gasteiger partial charge < -0.3 is 15.8 Å². The molecule has 2 aromatic carbocycles. The third-order valence-corrected chi connectivity index (χ3v) is 4.87. The lowest BCUT2D eigenvalue weighted by molar-refractivity contribution is -0.120. The summed E-state index contributed by atoms with van der Waals surface area (Å²) in [5.74, 6) is -0.281. The van der Waals surface area contributed by atoms with E-state index in [2.05, 4.69) is 5.32 Å². The molecule has 0 saturated carbocycles. The highest BCUT2D eigenvalue weighted by Gasteiger charge is 2.34. The van der Waals surface area contributed by atoms with Gasteiger partial charge in [-0.1, -0.05) is 24.3 Å². The monoisotopic (exact) mass is 378 g/mol. The van der Waals surface area contributed by atoms with Crippen molar-refractivity contribution in [3.8, 4) is 0 Å². The smallest absolute Gasteiger partial charge is 0.224 e. The number of hydrogen-bond donors (Lipinski definition) is 2. The minimum absolute atomic E-state index is 0. The molecule has 0 aliphatic carbocycles. The van der Waals surface area contributed by atoms with Crippen molar-refractivity contribution in [1.29, 1.82) is 0 Å². The molecule has 1 amide bonds. The fraction of sp³-hybridized carbons (Fsp3) is 0.350. The second-order valence-electron chi connectivity index (χ2n) is 6.59. The lowest BCUT2D eigenvalue weighted by Gasteiger charge is -2.38. The number of halogens is 2. The molecule has 1 saturated heterocycles. The van der Waals surface area contributed by atoms with Gasteiger partial charge in [0, 0.05) is 30.9 Å². The molecule has 2 aromatic rings. The molecule has 1 aliphatic rings. The maximum Gasteiger partial charge on any atom is 0.224 e. The van der Waals surface area contributed by atoms with Crippen LogP contribution in [0.2, 0.25) is 0 Å². The Bertz CT molecular complexity index is 714. The quantitative estimate of drug-likeness (QED) is 0.785. The van der Waals surface area contributed by atoms with Gasteiger partial charge in [0.1, 0.15) is 5.82 Å². The lowest BCUT2D eigenvalue weighted by Crippen LogP contribution is -2.45. The zero-order valence-corrected chi connectivity index (χ0v) is 15.4. The van der Waals surface area contributed by atoms with E-state index in [9.17, 15) is 9.18 Å². The van der Waals surface area contributed by atoms with Crippen LogP contribution in [-0.2, 0) is 21.4 Å². The van der Waals surface area contributed by atoms with Crippen LogP contribution in [0.3, 0.4) is 0 Å². The molecule has 4 nitrogen and oxygen atoms in total. The van der Waals surface area contributed by atoms with Gasteiger partial charge in [0.2, 0.25) is 5.91 Å². The van der Waals surface area contributed by atoms with Crippen molar-refractivity contribution in [3.63, 3.8) is 0 Å². The number of anilines is 1. The van der Waals surface area contributed by atoms with Crippen LogP contribution in [0.1, 0.15) is 24.0 Å². The van der Waals surface area contributed by atoms with Gasteiger partial charge in [-0.3, -0.25) is 4.79 Å². The van der Waals surface area contributed by atoms with Crippen LogP contribution >= 0.6 is 12.4 Å². The minimum atomic E-state index is -0.252. The van der Waals surface area contributed by atoms with Crippen molar-refractivity contribution in [1.82, 2.24) is 5.32 Å². The van der Waals surface area contributed by atoms with Gasteiger partial charge >= 0.3 is 0 Å². The average Bonchev–Trinajstić information content (AvgIpc) is 2.63. The van der Waals surface area contributed by atoms with E-state index in [1.165, 1.54) is 12.1 Å². The largest absolute Gasteiger partial charge is 0.399 e. The Hall–Kier alpha value is -2.11. The molecule has 0 radical (unpaired) electrons. The molecule has 140 valence electrons. The maximum atomic E-state index is 13.3. The number of benzene rings is 2. The van der Waals surface area contributed by atoms with Crippen LogP contribution in [0, 0.1) is 5.82 Å². The molecule has 0 spiro atoms. The van der Waals surface area contributed by atoms with Crippen LogP contribution in [0.15, 0.2) is 48.5 Å². The molecule has 1 fully saturated rings. The maximum absolute atomic E-state index is 13.3. The zero-order chi connectivity index (χ0) is 17.7. The van der Waals surface area contributed by atoms with Crippen molar-refractivity contribution in [3.05, 3.63) is 65.5 Å². The number of amides is 1. The van der Waals surface area contributed by atoms with Gasteiger partial charge in [-0.15, -0.1) is 12.4 Å². The topological polar surface area (TPSA) is 64.4 Å². The molecule has 0 aromatic heterocycles. The number of hydrogen-bond acceptors (Lipinski definition) is 3. The first kappa shape index (κ1) is 20.2. The molecule has 6 heteroatoms. The van der Waals surface area contributed by atoms with Gasteiger partial charge in [0.05, 0.1) is 6.42 Å². The number of nitrogens with one attached hydrogen (secondary N) is 1. The standard InChI is InChI=1S/C20H23FN2O2.ClH/c21-17-5-3-16(4-6-17)20(9-11-25-12-10-20)14-23-19(24)13-15-1-7-18(22)8-2-15;/h1-8H,9-14,22H2,(H,23,24);1H. The van der Waals surface area contributed by atoms with E-state index in [0.29, 0.717) is 31.9 Å². The first-order valence-electron chi connectivity index (χ1n) is 8.52. The van der Waals surface area contributed by atoms with Crippen LogP contribution < -0.4 is 11.1 Å². The van der Waals surface area contributed by atoms with E-state index in [-0.39, 0.29) is 29.5 Å². The van der Waals surface area contributed by atoms with Gasteiger partial charge in [0.25, 0.3) is 0 Å². The summed E-state index contributed by atoms with van der Waals surface area (Å²) in [5, 5.41) is 3.05. The van der Waals surface area contributed by atoms with Crippen LogP contribution in [-0.4, -0.2) is 25.7 Å². The van der Waals surface area contributed by atoms with Gasteiger partial charge in [-0.05, 0) is 48.2 Å². The Labute approximate surface area is 159 Å². The molecule has 3 N–H and O–H groups in total. The zero-order valence-electron chi connectivity index (χ0n) is 14.5. The molecular formula is C20H24ClFN2O2. The van der Waals surface area contributed by atoms with Crippen LogP contribution in [0.4, 0.5) is 10.1 Å². The summed E-state index contributed by atoms with van der Waals surface area (Å²) in [7, 11) is 0. The highest BCUT2D eigenvalue weighted by molar-refractivity contribution is 5.85. The normalized spacial score (nSPS) is 15.7. The molecule has 1 aliphatic heterocycles. The van der Waals surface area contributed by atoms with E-state index >= 15 is 0 Å². The van der Waals surface area contributed by atoms with Gasteiger partial charge in [-0.25, -0.2) is 4.39 Å². The first-order valence-corrected chi connectivity index (χ1v) is 8.52. The summed E-state index contributed by atoms with van der Waals surface area (Å²) < 4.78 is 18.7. The second-order valence-corrected chi connectivity index (χ2v) is 6.59. The van der Waals surface area contributed by atoms with Crippen molar-refractivity contribution in [2.24, 2.45) is 0 Å². The molecule has 0 atom stereocenters. The third-order valence-electron chi connectivity index (χ3n) is 4.87. The van der Waals surface area contributed by atoms with E-state index in [4.69, 9.17) is 10.5 Å². The van der Waals surface area contributed by atoms with Crippen molar-refractivity contribution >= 4 is 24.0 Å². The highest BCUT2D eigenvalue weighted by atomic mass is 35.5. The first-order chi connectivity index (χ1) is 12.1. The van der Waals surface area contributed by atoms with E-state index in [0.717, 1.165) is 24.0 Å². The minimum Gasteiger partial charge on any atom is -0.399 e. The number of carbonyl (C=O) groups is 1. The summed E-state index contributed by atoms with van der Waals surface area (Å²) in [6.07, 6.45) is 1.93. The predicted octanol–water partition coefficient (Wildman–Crippen LogP) is 3.24. The second kappa shape index (κ2) is 9.01. The van der Waals surface area contributed by atoms with Gasteiger partial charge in [-0.2, -0.15) is 0 Å². The van der Waals surface area contributed by atoms with Crippen molar-refractivity contribution in [2.45, 2.75) is 24.7 Å². The molecule has 0 bridgehead atoms. The molecule has 26 heavy (non-hydrogen) atoms. The summed E-state index contributed by atoms with van der Waals surface area (Å²) >= 11 is 0.